The molecule has 20 heavy (non-hydrogen) atoms. The molecule has 1 aliphatic rings. The smallest absolute Gasteiger partial charge is 0.269 e. The van der Waals surface area contributed by atoms with Gasteiger partial charge in [-0.25, -0.2) is 0 Å². The van der Waals surface area contributed by atoms with Crippen molar-refractivity contribution in [1.29, 1.82) is 0 Å². The Morgan fingerprint density at radius 2 is 1.70 bits per heavy atom. The van der Waals surface area contributed by atoms with Crippen molar-refractivity contribution in [1.82, 2.24) is 0 Å². The highest BCUT2D eigenvalue weighted by atomic mass is 16.6. The minimum atomic E-state index is -0.491. The summed E-state index contributed by atoms with van der Waals surface area (Å²) in [5.41, 5.74) is 1.37. The molecule has 0 N–H and O–H groups in total. The maximum atomic E-state index is 12.2. The van der Waals surface area contributed by atoms with Crippen molar-refractivity contribution in [2.75, 3.05) is 0 Å². The number of benzene rings is 2. The van der Waals surface area contributed by atoms with Crippen molar-refractivity contribution in [3.8, 4) is 0 Å². The first-order valence-corrected chi connectivity index (χ1v) is 6.16. The van der Waals surface area contributed by atoms with Gasteiger partial charge in [0, 0.05) is 17.7 Å². The van der Waals surface area contributed by atoms with Crippen LogP contribution >= 0.6 is 0 Å². The molecule has 3 rings (SSSR count). The van der Waals surface area contributed by atoms with Gasteiger partial charge in [0.25, 0.3) is 5.69 Å². The first kappa shape index (κ1) is 12.5. The summed E-state index contributed by atoms with van der Waals surface area (Å²) >= 11 is 0. The van der Waals surface area contributed by atoms with Gasteiger partial charge >= 0.3 is 0 Å². The SMILES string of the molecule is O=C(c1ccc([N+](=O)[O-])cc1)C1OC1c1ccccc1. The molecular formula is C15H11NO4. The Bertz CT molecular complexity index is 651. The van der Waals surface area contributed by atoms with Crippen LogP contribution in [0.5, 0.6) is 0 Å². The van der Waals surface area contributed by atoms with Crippen LogP contribution in [0.1, 0.15) is 22.0 Å². The van der Waals surface area contributed by atoms with E-state index in [2.05, 4.69) is 0 Å². The lowest BCUT2D eigenvalue weighted by molar-refractivity contribution is -0.384. The van der Waals surface area contributed by atoms with E-state index in [1.807, 2.05) is 30.3 Å². The fourth-order valence-corrected chi connectivity index (χ4v) is 2.12. The van der Waals surface area contributed by atoms with E-state index in [9.17, 15) is 14.9 Å². The maximum Gasteiger partial charge on any atom is 0.269 e. The van der Waals surface area contributed by atoms with Crippen molar-refractivity contribution in [3.63, 3.8) is 0 Å². The average molecular weight is 269 g/mol. The van der Waals surface area contributed by atoms with Crippen LogP contribution in [0, 0.1) is 10.1 Å². The number of nitro groups is 1. The zero-order valence-corrected chi connectivity index (χ0v) is 10.4. The Morgan fingerprint density at radius 1 is 1.05 bits per heavy atom. The molecule has 0 bridgehead atoms. The molecule has 0 saturated carbocycles. The first-order chi connectivity index (χ1) is 9.66. The highest BCUT2D eigenvalue weighted by Gasteiger charge is 2.46. The van der Waals surface area contributed by atoms with Gasteiger partial charge in [-0.15, -0.1) is 0 Å². The molecule has 1 aliphatic heterocycles. The first-order valence-electron chi connectivity index (χ1n) is 6.16. The molecular weight excluding hydrogens is 258 g/mol. The summed E-state index contributed by atoms with van der Waals surface area (Å²) in [6, 6.07) is 15.1. The van der Waals surface area contributed by atoms with Crippen LogP contribution < -0.4 is 0 Å². The summed E-state index contributed by atoms with van der Waals surface area (Å²) in [6.45, 7) is 0. The number of ketones is 1. The van der Waals surface area contributed by atoms with Gasteiger partial charge < -0.3 is 4.74 Å². The molecule has 0 aliphatic carbocycles. The molecule has 1 fully saturated rings. The second-order valence-corrected chi connectivity index (χ2v) is 4.56. The van der Waals surface area contributed by atoms with Gasteiger partial charge in [0.05, 0.1) is 4.92 Å². The quantitative estimate of drug-likeness (QED) is 0.370. The lowest BCUT2D eigenvalue weighted by atomic mass is 10.0. The molecule has 1 heterocycles. The lowest BCUT2D eigenvalue weighted by Crippen LogP contribution is -2.08. The number of hydrogen-bond donors (Lipinski definition) is 0. The minimum absolute atomic E-state index is 0.0297. The Kier molecular flexibility index (Phi) is 3.04. The number of carbonyl (C=O) groups excluding carboxylic acids is 1. The number of epoxide rings is 1. The number of Topliss-reactive ketones (excluding diaryl/α,β-unsaturated/α-hetero) is 1. The second kappa shape index (κ2) is 4.86. The molecule has 5 nitrogen and oxygen atoms in total. The topological polar surface area (TPSA) is 72.7 Å². The minimum Gasteiger partial charge on any atom is -0.356 e. The molecule has 2 atom stereocenters. The van der Waals surface area contributed by atoms with E-state index in [-0.39, 0.29) is 17.6 Å². The monoisotopic (exact) mass is 269 g/mol. The van der Waals surface area contributed by atoms with Crippen molar-refractivity contribution < 1.29 is 14.5 Å². The zero-order valence-electron chi connectivity index (χ0n) is 10.4. The molecule has 0 radical (unpaired) electrons. The predicted octanol–water partition coefficient (Wildman–Crippen LogP) is 2.92. The van der Waals surface area contributed by atoms with E-state index in [0.717, 1.165) is 5.56 Å². The van der Waals surface area contributed by atoms with Crippen LogP contribution in [0.25, 0.3) is 0 Å². The second-order valence-electron chi connectivity index (χ2n) is 4.56. The van der Waals surface area contributed by atoms with Gasteiger partial charge in [-0.05, 0) is 17.7 Å². The molecule has 5 heteroatoms. The number of ether oxygens (including phenoxy) is 1. The third-order valence-corrected chi connectivity index (χ3v) is 3.24. The lowest BCUT2D eigenvalue weighted by Gasteiger charge is -1.98. The molecule has 2 unspecified atom stereocenters. The average Bonchev–Trinajstić information content (AvgIpc) is 3.28. The van der Waals surface area contributed by atoms with Crippen molar-refractivity contribution in [2.24, 2.45) is 0 Å². The highest BCUT2D eigenvalue weighted by Crippen LogP contribution is 2.40. The van der Waals surface area contributed by atoms with E-state index in [1.54, 1.807) is 0 Å². The van der Waals surface area contributed by atoms with Crippen LogP contribution in [-0.4, -0.2) is 16.8 Å². The number of carbonyl (C=O) groups is 1. The standard InChI is InChI=1S/C15H11NO4/c17-13(10-6-8-12(9-7-10)16(18)19)15-14(20-15)11-4-2-1-3-5-11/h1-9,14-15H. The Morgan fingerprint density at radius 3 is 2.30 bits per heavy atom. The number of nitro benzene ring substituents is 1. The van der Waals surface area contributed by atoms with E-state index in [1.165, 1.54) is 24.3 Å². The van der Waals surface area contributed by atoms with Crippen LogP contribution in [0.15, 0.2) is 54.6 Å². The van der Waals surface area contributed by atoms with E-state index < -0.39 is 11.0 Å². The summed E-state index contributed by atoms with van der Waals surface area (Å²) in [5.74, 6) is -0.145. The fourth-order valence-electron chi connectivity index (χ4n) is 2.12. The van der Waals surface area contributed by atoms with Crippen molar-refractivity contribution >= 4 is 11.5 Å². The molecule has 0 amide bonds. The zero-order chi connectivity index (χ0) is 14.1. The molecule has 0 aromatic heterocycles. The highest BCUT2D eigenvalue weighted by molar-refractivity contribution is 6.01. The van der Waals surface area contributed by atoms with E-state index >= 15 is 0 Å². The fraction of sp³-hybridized carbons (Fsp3) is 0.133. The normalized spacial score (nSPS) is 20.4. The van der Waals surface area contributed by atoms with Crippen molar-refractivity contribution in [2.45, 2.75) is 12.2 Å². The molecule has 2 aromatic rings. The predicted molar refractivity (Wildman–Crippen MR) is 71.5 cm³/mol. The number of rotatable bonds is 4. The van der Waals surface area contributed by atoms with Gasteiger partial charge in [-0.3, -0.25) is 14.9 Å². The summed E-state index contributed by atoms with van der Waals surface area (Å²) < 4.78 is 5.41. The third-order valence-electron chi connectivity index (χ3n) is 3.24. The number of nitrogens with zero attached hydrogens (tertiary/aromatic N) is 1. The molecule has 1 saturated heterocycles. The van der Waals surface area contributed by atoms with Gasteiger partial charge in [-0.2, -0.15) is 0 Å². The largest absolute Gasteiger partial charge is 0.356 e. The van der Waals surface area contributed by atoms with E-state index in [4.69, 9.17) is 4.74 Å². The van der Waals surface area contributed by atoms with Gasteiger partial charge in [0.1, 0.15) is 6.10 Å². The third kappa shape index (κ3) is 2.31. The van der Waals surface area contributed by atoms with Crippen LogP contribution in [0.3, 0.4) is 0 Å². The summed E-state index contributed by atoms with van der Waals surface area (Å²) in [6.07, 6.45) is -0.697. The Labute approximate surface area is 115 Å². The molecule has 2 aromatic carbocycles. The molecule has 0 spiro atoms. The number of hydrogen-bond acceptors (Lipinski definition) is 4. The Balaban J connectivity index is 1.73. The van der Waals surface area contributed by atoms with Gasteiger partial charge in [-0.1, -0.05) is 30.3 Å². The summed E-state index contributed by atoms with van der Waals surface area (Å²) in [4.78, 5) is 22.2. The van der Waals surface area contributed by atoms with Gasteiger partial charge in [0.15, 0.2) is 11.9 Å². The van der Waals surface area contributed by atoms with Crippen LogP contribution in [0.4, 0.5) is 5.69 Å². The summed E-state index contributed by atoms with van der Waals surface area (Å²) in [7, 11) is 0. The van der Waals surface area contributed by atoms with E-state index in [0.29, 0.717) is 5.56 Å². The van der Waals surface area contributed by atoms with Crippen LogP contribution in [0.2, 0.25) is 0 Å². The Hall–Kier alpha value is -2.53. The summed E-state index contributed by atoms with van der Waals surface area (Å²) in [5, 5.41) is 10.6. The van der Waals surface area contributed by atoms with Gasteiger partial charge in [0.2, 0.25) is 0 Å². The van der Waals surface area contributed by atoms with Crippen molar-refractivity contribution in [3.05, 3.63) is 75.8 Å². The van der Waals surface area contributed by atoms with Crippen LogP contribution in [-0.2, 0) is 4.74 Å². The maximum absolute atomic E-state index is 12.2. The molecule has 100 valence electrons. The number of non-ortho nitro benzene ring substituents is 1.